The average molecular weight is 304 g/mol. The van der Waals surface area contributed by atoms with Crippen molar-refractivity contribution in [3.05, 3.63) is 32.9 Å². The molecule has 0 spiro atoms. The van der Waals surface area contributed by atoms with Crippen LogP contribution in [0.3, 0.4) is 0 Å². The third-order valence-corrected chi connectivity index (χ3v) is 3.80. The van der Waals surface area contributed by atoms with Crippen LogP contribution in [0.5, 0.6) is 0 Å². The molecule has 0 saturated carbocycles. The van der Waals surface area contributed by atoms with Crippen LogP contribution in [0, 0.1) is 0 Å². The second-order valence-electron chi connectivity index (χ2n) is 3.48. The van der Waals surface area contributed by atoms with E-state index in [1.165, 1.54) is 11.0 Å². The number of carboxylic acids is 1. The number of rotatable bonds is 6. The van der Waals surface area contributed by atoms with E-state index in [0.717, 1.165) is 17.4 Å². The van der Waals surface area contributed by atoms with Crippen LogP contribution in [-0.4, -0.2) is 36.1 Å². The van der Waals surface area contributed by atoms with Crippen molar-refractivity contribution in [2.24, 2.45) is 0 Å². The summed E-state index contributed by atoms with van der Waals surface area (Å²) in [7, 11) is 1.98. The largest absolute Gasteiger partial charge is 0.478 e. The molecule has 16 heavy (non-hydrogen) atoms. The third-order valence-electron chi connectivity index (χ3n) is 2.04. The van der Waals surface area contributed by atoms with E-state index in [0.29, 0.717) is 6.54 Å². The minimum Gasteiger partial charge on any atom is -0.478 e. The Morgan fingerprint density at radius 2 is 2.44 bits per heavy atom. The molecule has 0 bridgehead atoms. The molecule has 0 aliphatic carbocycles. The molecule has 0 aliphatic rings. The number of thiophene rings is 1. The fraction of sp³-hybridized carbons (Fsp3) is 0.364. The molecule has 3 nitrogen and oxygen atoms in total. The number of aliphatic carboxylic acids is 1. The molecule has 5 heteroatoms. The van der Waals surface area contributed by atoms with Crippen molar-refractivity contribution in [3.63, 3.8) is 0 Å². The van der Waals surface area contributed by atoms with Gasteiger partial charge in [0.25, 0.3) is 0 Å². The normalized spacial score (nSPS) is 11.4. The Morgan fingerprint density at radius 1 is 1.69 bits per heavy atom. The molecule has 1 aromatic rings. The first-order valence-electron chi connectivity index (χ1n) is 4.89. The number of hydrogen-bond acceptors (Lipinski definition) is 3. The summed E-state index contributed by atoms with van der Waals surface area (Å²) in [6.45, 7) is 1.59. The molecule has 0 amide bonds. The fourth-order valence-corrected chi connectivity index (χ4v) is 2.66. The number of carboxylic acid groups (broad SMARTS) is 1. The van der Waals surface area contributed by atoms with Crippen LogP contribution in [0.4, 0.5) is 0 Å². The van der Waals surface area contributed by atoms with Crippen LogP contribution in [0.2, 0.25) is 0 Å². The predicted octanol–water partition coefficient (Wildman–Crippen LogP) is 2.63. The molecular formula is C11H14BrNO2S. The monoisotopic (exact) mass is 303 g/mol. The fourth-order valence-electron chi connectivity index (χ4n) is 1.21. The van der Waals surface area contributed by atoms with E-state index in [1.54, 1.807) is 17.4 Å². The third kappa shape index (κ3) is 5.44. The van der Waals surface area contributed by atoms with Gasteiger partial charge in [0.1, 0.15) is 0 Å². The molecule has 1 heterocycles. The maximum atomic E-state index is 10.3. The first-order chi connectivity index (χ1) is 7.58. The Balaban J connectivity index is 2.25. The van der Waals surface area contributed by atoms with E-state index in [2.05, 4.69) is 32.3 Å². The van der Waals surface area contributed by atoms with Crippen molar-refractivity contribution in [1.82, 2.24) is 4.90 Å². The zero-order valence-corrected chi connectivity index (χ0v) is 11.4. The van der Waals surface area contributed by atoms with E-state index in [4.69, 9.17) is 5.11 Å². The van der Waals surface area contributed by atoms with E-state index in [1.807, 2.05) is 7.05 Å². The highest BCUT2D eigenvalue weighted by Crippen LogP contribution is 2.20. The first-order valence-corrected chi connectivity index (χ1v) is 6.56. The zero-order chi connectivity index (χ0) is 12.0. The Morgan fingerprint density at radius 3 is 3.00 bits per heavy atom. The minimum atomic E-state index is -0.893. The quantitative estimate of drug-likeness (QED) is 0.821. The van der Waals surface area contributed by atoms with Crippen molar-refractivity contribution in [3.8, 4) is 0 Å². The van der Waals surface area contributed by atoms with Crippen LogP contribution in [0.1, 0.15) is 4.88 Å². The number of carbonyl (C=O) groups is 1. The highest BCUT2D eigenvalue weighted by molar-refractivity contribution is 9.10. The molecule has 1 aromatic heterocycles. The molecule has 1 N–H and O–H groups in total. The molecule has 0 fully saturated rings. The van der Waals surface area contributed by atoms with Gasteiger partial charge in [0.2, 0.25) is 0 Å². The number of nitrogens with zero attached hydrogens (tertiary/aromatic N) is 1. The maximum Gasteiger partial charge on any atom is 0.328 e. The topological polar surface area (TPSA) is 40.5 Å². The second kappa shape index (κ2) is 6.83. The van der Waals surface area contributed by atoms with Gasteiger partial charge in [-0.1, -0.05) is 6.08 Å². The molecule has 0 saturated heterocycles. The summed E-state index contributed by atoms with van der Waals surface area (Å²) in [6, 6.07) is 2.12. The lowest BCUT2D eigenvalue weighted by Gasteiger charge is -2.12. The Labute approximate surface area is 108 Å². The molecule has 0 atom stereocenters. The summed E-state index contributed by atoms with van der Waals surface area (Å²) < 4.78 is 1.13. The lowest BCUT2D eigenvalue weighted by Crippen LogP contribution is -2.21. The van der Waals surface area contributed by atoms with Crippen molar-refractivity contribution in [1.29, 1.82) is 0 Å². The molecule has 0 radical (unpaired) electrons. The highest BCUT2D eigenvalue weighted by atomic mass is 79.9. The van der Waals surface area contributed by atoms with Crippen LogP contribution in [0.15, 0.2) is 28.1 Å². The van der Waals surface area contributed by atoms with Gasteiger partial charge >= 0.3 is 5.97 Å². The standard InChI is InChI=1S/C11H14BrNO2S/c1-13(5-2-3-11(14)15)6-4-10-7-9(12)8-16-10/h2-3,7-8H,4-6H2,1H3,(H,14,15)/b3-2+. The predicted molar refractivity (Wildman–Crippen MR) is 70.0 cm³/mol. The van der Waals surface area contributed by atoms with Crippen molar-refractivity contribution < 1.29 is 9.90 Å². The van der Waals surface area contributed by atoms with Gasteiger partial charge in [0.15, 0.2) is 0 Å². The van der Waals surface area contributed by atoms with Gasteiger partial charge in [-0.2, -0.15) is 0 Å². The highest BCUT2D eigenvalue weighted by Gasteiger charge is 2.00. The summed E-state index contributed by atoms with van der Waals surface area (Å²) in [5.41, 5.74) is 0. The van der Waals surface area contributed by atoms with E-state index in [9.17, 15) is 4.79 Å². The summed E-state index contributed by atoms with van der Waals surface area (Å²) >= 11 is 5.15. The van der Waals surface area contributed by atoms with Crippen LogP contribution in [0.25, 0.3) is 0 Å². The molecule has 1 rings (SSSR count). The average Bonchev–Trinajstić information content (AvgIpc) is 2.61. The van der Waals surface area contributed by atoms with Gasteiger partial charge in [0.05, 0.1) is 0 Å². The number of hydrogen-bond donors (Lipinski definition) is 1. The molecular weight excluding hydrogens is 290 g/mol. The SMILES string of the molecule is CN(C/C=C/C(=O)O)CCc1cc(Br)cs1. The van der Waals surface area contributed by atoms with Crippen LogP contribution >= 0.6 is 27.3 Å². The van der Waals surface area contributed by atoms with Crippen LogP contribution < -0.4 is 0 Å². The second-order valence-corrected chi connectivity index (χ2v) is 5.40. The number of likely N-dealkylation sites (N-methyl/N-ethyl adjacent to an activating group) is 1. The molecule has 0 aliphatic heterocycles. The first kappa shape index (κ1) is 13.4. The Bertz CT molecular complexity index is 376. The maximum absolute atomic E-state index is 10.3. The van der Waals surface area contributed by atoms with E-state index >= 15 is 0 Å². The van der Waals surface area contributed by atoms with Gasteiger partial charge in [-0.05, 0) is 35.5 Å². The molecule has 88 valence electrons. The Hall–Kier alpha value is -0.650. The minimum absolute atomic E-state index is 0.666. The molecule has 0 aromatic carbocycles. The molecule has 0 unspecified atom stereocenters. The zero-order valence-electron chi connectivity index (χ0n) is 9.02. The number of halogens is 1. The summed E-state index contributed by atoms with van der Waals surface area (Å²) in [6.07, 6.45) is 3.83. The van der Waals surface area contributed by atoms with Gasteiger partial charge in [-0.25, -0.2) is 4.79 Å². The van der Waals surface area contributed by atoms with Gasteiger partial charge in [0, 0.05) is 33.9 Å². The van der Waals surface area contributed by atoms with Gasteiger partial charge in [-0.15, -0.1) is 11.3 Å². The summed E-state index contributed by atoms with van der Waals surface area (Å²) in [5.74, 6) is -0.893. The van der Waals surface area contributed by atoms with E-state index < -0.39 is 5.97 Å². The van der Waals surface area contributed by atoms with Crippen LogP contribution in [-0.2, 0) is 11.2 Å². The van der Waals surface area contributed by atoms with E-state index in [-0.39, 0.29) is 0 Å². The Kier molecular flexibility index (Phi) is 5.73. The lowest BCUT2D eigenvalue weighted by molar-refractivity contribution is -0.131. The van der Waals surface area contributed by atoms with Crippen molar-refractivity contribution >= 4 is 33.2 Å². The van der Waals surface area contributed by atoms with Crippen molar-refractivity contribution in [2.75, 3.05) is 20.1 Å². The van der Waals surface area contributed by atoms with Gasteiger partial charge in [-0.3, -0.25) is 0 Å². The lowest BCUT2D eigenvalue weighted by atomic mass is 10.3. The summed E-state index contributed by atoms with van der Waals surface area (Å²) in [4.78, 5) is 13.7. The van der Waals surface area contributed by atoms with Gasteiger partial charge < -0.3 is 10.0 Å². The van der Waals surface area contributed by atoms with Crippen molar-refractivity contribution in [2.45, 2.75) is 6.42 Å². The smallest absolute Gasteiger partial charge is 0.328 e. The summed E-state index contributed by atoms with van der Waals surface area (Å²) in [5, 5.41) is 10.5.